The van der Waals surface area contributed by atoms with Crippen molar-refractivity contribution < 1.29 is 4.57 Å². The van der Waals surface area contributed by atoms with Crippen molar-refractivity contribution in [2.45, 2.75) is 129 Å². The molecule has 0 spiro atoms. The summed E-state index contributed by atoms with van der Waals surface area (Å²) in [4.78, 5) is 0. The number of nitrogens with zero attached hydrogens (tertiary/aromatic N) is 2. The normalized spacial score (nSPS) is 11.3. The van der Waals surface area contributed by atoms with Crippen LogP contribution in [0.25, 0.3) is 11.4 Å². The third-order valence-corrected chi connectivity index (χ3v) is 7.67. The molecule has 3 heteroatoms. The maximum Gasteiger partial charge on any atom is 0.289 e. The summed E-state index contributed by atoms with van der Waals surface area (Å²) in [6.45, 7) is 5.72. The predicted octanol–water partition coefficient (Wildman–Crippen LogP) is 9.41. The Labute approximate surface area is 209 Å². The molecule has 33 heavy (non-hydrogen) atoms. The lowest BCUT2D eigenvalue weighted by molar-refractivity contribution is -0.664. The third kappa shape index (κ3) is 12.2. The average molecular weight is 472 g/mol. The van der Waals surface area contributed by atoms with Gasteiger partial charge in [0.1, 0.15) is 18.3 Å². The van der Waals surface area contributed by atoms with Crippen molar-refractivity contribution in [1.29, 1.82) is 0 Å². The summed E-state index contributed by atoms with van der Waals surface area (Å²) < 4.78 is 4.96. The molecule has 0 atom stereocenters. The number of aryl methyl sites for hydroxylation is 1. The molecule has 1 aromatic carbocycles. The van der Waals surface area contributed by atoms with E-state index < -0.39 is 0 Å². The molecular formula is C30H51N2S+. The van der Waals surface area contributed by atoms with Gasteiger partial charge in [0.15, 0.2) is 0 Å². The average Bonchev–Trinajstić information content (AvgIpc) is 3.25. The fourth-order valence-electron chi connectivity index (χ4n) is 4.59. The molecule has 0 N–H and O–H groups in total. The highest BCUT2D eigenvalue weighted by molar-refractivity contribution is 7.98. The molecule has 0 saturated carbocycles. The Hall–Kier alpha value is -1.22. The van der Waals surface area contributed by atoms with Crippen LogP contribution in [-0.4, -0.2) is 10.3 Å². The van der Waals surface area contributed by atoms with E-state index >= 15 is 0 Å². The van der Waals surface area contributed by atoms with E-state index in [1.54, 1.807) is 0 Å². The first kappa shape index (κ1) is 28.0. The quantitative estimate of drug-likeness (QED) is 0.130. The minimum atomic E-state index is 1.06. The number of unbranched alkanes of at least 4 members (excludes halogenated alkanes) is 14. The van der Waals surface area contributed by atoms with Gasteiger partial charge in [0.2, 0.25) is 0 Å². The van der Waals surface area contributed by atoms with E-state index in [2.05, 4.69) is 77.5 Å². The molecule has 1 heterocycles. The summed E-state index contributed by atoms with van der Waals surface area (Å²) in [5.74, 6) is 3.71. The van der Waals surface area contributed by atoms with Crippen LogP contribution in [0.2, 0.25) is 0 Å². The van der Waals surface area contributed by atoms with Gasteiger partial charge in [-0.3, -0.25) is 0 Å². The van der Waals surface area contributed by atoms with Crippen LogP contribution in [0.5, 0.6) is 0 Å². The van der Waals surface area contributed by atoms with E-state index in [4.69, 9.17) is 0 Å². The summed E-state index contributed by atoms with van der Waals surface area (Å²) in [5.41, 5.74) is 1.34. The lowest BCUT2D eigenvalue weighted by Crippen LogP contribution is -2.33. The van der Waals surface area contributed by atoms with Crippen molar-refractivity contribution in [3.63, 3.8) is 0 Å². The molecule has 186 valence electrons. The van der Waals surface area contributed by atoms with Crippen LogP contribution in [-0.2, 0) is 12.4 Å². The Morgan fingerprint density at radius 1 is 0.667 bits per heavy atom. The predicted molar refractivity (Wildman–Crippen MR) is 148 cm³/mol. The number of imidazole rings is 1. The summed E-state index contributed by atoms with van der Waals surface area (Å²) in [6, 6.07) is 11.0. The van der Waals surface area contributed by atoms with E-state index in [9.17, 15) is 0 Å². The minimum absolute atomic E-state index is 1.06. The number of thioether (sulfide) groups is 1. The van der Waals surface area contributed by atoms with Crippen LogP contribution >= 0.6 is 11.8 Å². The highest BCUT2D eigenvalue weighted by atomic mass is 32.2. The van der Waals surface area contributed by atoms with E-state index in [1.165, 1.54) is 120 Å². The lowest BCUT2D eigenvalue weighted by Gasteiger charge is -2.06. The van der Waals surface area contributed by atoms with Gasteiger partial charge in [-0.2, -0.15) is 0 Å². The van der Waals surface area contributed by atoms with Gasteiger partial charge in [-0.05, 0) is 37.1 Å². The number of aromatic nitrogens is 2. The molecule has 0 saturated heterocycles. The van der Waals surface area contributed by atoms with Crippen LogP contribution in [0.4, 0.5) is 0 Å². The molecule has 0 aliphatic carbocycles. The van der Waals surface area contributed by atoms with Crippen LogP contribution < -0.4 is 4.57 Å². The second-order valence-corrected chi connectivity index (χ2v) is 10.7. The van der Waals surface area contributed by atoms with Gasteiger partial charge in [-0.1, -0.05) is 116 Å². The maximum atomic E-state index is 2.49. The third-order valence-electron chi connectivity index (χ3n) is 6.63. The van der Waals surface area contributed by atoms with E-state index in [0.717, 1.165) is 12.4 Å². The molecule has 1 aromatic heterocycles. The van der Waals surface area contributed by atoms with Gasteiger partial charge < -0.3 is 0 Å². The SMILES string of the molecule is CCCCCCCCCCCCn1cc[n+](CSCCCCCCCC)c1-c1ccccc1. The fraction of sp³-hybridized carbons (Fsp3) is 0.700. The fourth-order valence-corrected chi connectivity index (χ4v) is 5.53. The summed E-state index contributed by atoms with van der Waals surface area (Å²) in [6.07, 6.45) is 26.9. The van der Waals surface area contributed by atoms with E-state index in [1.807, 2.05) is 0 Å². The van der Waals surface area contributed by atoms with Crippen molar-refractivity contribution in [3.8, 4) is 11.4 Å². The number of benzene rings is 1. The van der Waals surface area contributed by atoms with Gasteiger partial charge in [-0.25, -0.2) is 9.13 Å². The maximum absolute atomic E-state index is 2.49. The second-order valence-electron chi connectivity index (χ2n) is 9.64. The molecule has 0 unspecified atom stereocenters. The molecule has 2 aromatic rings. The summed E-state index contributed by atoms with van der Waals surface area (Å²) in [5, 5.41) is 0. The van der Waals surface area contributed by atoms with Crippen molar-refractivity contribution in [2.24, 2.45) is 0 Å². The molecule has 0 radical (unpaired) electrons. The van der Waals surface area contributed by atoms with Crippen LogP contribution in [0, 0.1) is 0 Å². The van der Waals surface area contributed by atoms with Crippen molar-refractivity contribution >= 4 is 11.8 Å². The molecule has 0 fully saturated rings. The van der Waals surface area contributed by atoms with E-state index in [-0.39, 0.29) is 0 Å². The highest BCUT2D eigenvalue weighted by Crippen LogP contribution is 2.19. The molecular weight excluding hydrogens is 420 g/mol. The summed E-state index contributed by atoms with van der Waals surface area (Å²) >= 11 is 2.09. The minimum Gasteiger partial charge on any atom is -0.230 e. The zero-order chi connectivity index (χ0) is 23.4. The smallest absolute Gasteiger partial charge is 0.230 e. The van der Waals surface area contributed by atoms with Crippen LogP contribution in [0.1, 0.15) is 117 Å². The first-order valence-corrected chi connectivity index (χ1v) is 15.2. The van der Waals surface area contributed by atoms with Gasteiger partial charge in [0.25, 0.3) is 5.82 Å². The Bertz CT molecular complexity index is 695. The van der Waals surface area contributed by atoms with E-state index in [0.29, 0.717) is 0 Å². The molecule has 2 rings (SSSR count). The summed E-state index contributed by atoms with van der Waals surface area (Å²) in [7, 11) is 0. The van der Waals surface area contributed by atoms with Gasteiger partial charge in [0.05, 0.1) is 12.1 Å². The standard InChI is InChI=1S/C30H51N2S/c1-3-5-7-9-11-12-13-14-15-20-24-31-25-26-32(30(31)29-22-18-17-19-23-29)28-33-27-21-16-10-8-6-4-2/h17-19,22-23,25-26H,3-16,20-21,24,27-28H2,1-2H3/q+1. The highest BCUT2D eigenvalue weighted by Gasteiger charge is 2.18. The van der Waals surface area contributed by atoms with Gasteiger partial charge in [-0.15, -0.1) is 11.8 Å². The molecule has 0 bridgehead atoms. The number of hydrogen-bond donors (Lipinski definition) is 0. The lowest BCUT2D eigenvalue weighted by atomic mass is 10.1. The van der Waals surface area contributed by atoms with Crippen LogP contribution in [0.15, 0.2) is 42.7 Å². The largest absolute Gasteiger partial charge is 0.289 e. The van der Waals surface area contributed by atoms with Crippen molar-refractivity contribution in [3.05, 3.63) is 42.7 Å². The van der Waals surface area contributed by atoms with Crippen LogP contribution in [0.3, 0.4) is 0 Å². The van der Waals surface area contributed by atoms with Gasteiger partial charge >= 0.3 is 0 Å². The molecule has 2 nitrogen and oxygen atoms in total. The van der Waals surface area contributed by atoms with Crippen molar-refractivity contribution in [1.82, 2.24) is 4.57 Å². The zero-order valence-corrected chi connectivity index (χ0v) is 22.6. The topological polar surface area (TPSA) is 8.81 Å². The number of hydrogen-bond acceptors (Lipinski definition) is 1. The molecule has 0 aliphatic heterocycles. The molecule has 0 amide bonds. The Morgan fingerprint density at radius 2 is 1.21 bits per heavy atom. The zero-order valence-electron chi connectivity index (χ0n) is 21.8. The molecule has 0 aliphatic rings. The Balaban J connectivity index is 1.73. The number of rotatable bonds is 21. The second kappa shape index (κ2) is 19.1. The Morgan fingerprint density at radius 3 is 1.82 bits per heavy atom. The first-order valence-electron chi connectivity index (χ1n) is 14.1. The Kier molecular flexibility index (Phi) is 16.2. The van der Waals surface area contributed by atoms with Crippen molar-refractivity contribution in [2.75, 3.05) is 5.75 Å². The van der Waals surface area contributed by atoms with Gasteiger partial charge in [0, 0.05) is 0 Å². The first-order chi connectivity index (χ1) is 16.4. The monoisotopic (exact) mass is 471 g/mol.